The van der Waals surface area contributed by atoms with Gasteiger partial charge >= 0.3 is 0 Å². The molecule has 0 fully saturated rings. The molecule has 2 aromatic rings. The summed E-state index contributed by atoms with van der Waals surface area (Å²) in [6.07, 6.45) is 6.52. The second kappa shape index (κ2) is 6.83. The number of nitrogens with one attached hydrogen (secondary N) is 1. The van der Waals surface area contributed by atoms with E-state index in [1.165, 1.54) is 29.8 Å². The van der Waals surface area contributed by atoms with Crippen molar-refractivity contribution in [1.82, 2.24) is 10.1 Å². The summed E-state index contributed by atoms with van der Waals surface area (Å²) in [5, 5.41) is 7.71. The van der Waals surface area contributed by atoms with Crippen molar-refractivity contribution in [2.75, 3.05) is 5.32 Å². The van der Waals surface area contributed by atoms with Crippen LogP contribution in [0.15, 0.2) is 4.52 Å². The molecule has 6 heteroatoms. The van der Waals surface area contributed by atoms with Gasteiger partial charge in [-0.25, -0.2) is 4.98 Å². The third-order valence-corrected chi connectivity index (χ3v) is 5.56. The summed E-state index contributed by atoms with van der Waals surface area (Å²) in [5.41, 5.74) is 2.87. The van der Waals surface area contributed by atoms with Gasteiger partial charge in [0.1, 0.15) is 5.76 Å². The predicted octanol–water partition coefficient (Wildman–Crippen LogP) is 4.15. The van der Waals surface area contributed by atoms with Gasteiger partial charge in [0, 0.05) is 10.4 Å². The Morgan fingerprint density at radius 3 is 2.78 bits per heavy atom. The third-order valence-electron chi connectivity index (χ3n) is 4.49. The number of nitrogens with zero attached hydrogens (tertiary/aromatic N) is 2. The van der Waals surface area contributed by atoms with Crippen LogP contribution in [0.25, 0.3) is 0 Å². The van der Waals surface area contributed by atoms with Gasteiger partial charge in [-0.3, -0.25) is 4.79 Å². The second-order valence-corrected chi connectivity index (χ2v) is 7.22. The van der Waals surface area contributed by atoms with Crippen LogP contribution in [0.4, 0.5) is 5.13 Å². The van der Waals surface area contributed by atoms with Gasteiger partial charge in [-0.15, -0.1) is 11.3 Å². The highest BCUT2D eigenvalue weighted by Crippen LogP contribution is 2.31. The number of aryl methyl sites for hydroxylation is 4. The first-order valence-electron chi connectivity index (χ1n) is 8.32. The Balaban J connectivity index is 1.78. The fraction of sp³-hybridized carbons (Fsp3) is 0.588. The van der Waals surface area contributed by atoms with Crippen LogP contribution < -0.4 is 5.32 Å². The van der Waals surface area contributed by atoms with Crippen molar-refractivity contribution in [3.8, 4) is 0 Å². The van der Waals surface area contributed by atoms with E-state index in [0.29, 0.717) is 6.42 Å². The first-order valence-corrected chi connectivity index (χ1v) is 9.14. The molecule has 3 rings (SSSR count). The van der Waals surface area contributed by atoms with Crippen LogP contribution in [0.5, 0.6) is 0 Å². The van der Waals surface area contributed by atoms with Crippen LogP contribution in [0, 0.1) is 13.8 Å². The Kier molecular flexibility index (Phi) is 4.80. The largest absolute Gasteiger partial charge is 0.361 e. The second-order valence-electron chi connectivity index (χ2n) is 6.14. The molecule has 5 nitrogen and oxygen atoms in total. The average Bonchev–Trinajstić information content (AvgIpc) is 2.97. The molecule has 0 aromatic carbocycles. The third kappa shape index (κ3) is 3.32. The Labute approximate surface area is 140 Å². The lowest BCUT2D eigenvalue weighted by Crippen LogP contribution is -2.21. The summed E-state index contributed by atoms with van der Waals surface area (Å²) < 4.78 is 5.22. The molecule has 0 spiro atoms. The van der Waals surface area contributed by atoms with E-state index in [-0.39, 0.29) is 11.8 Å². The molecule has 2 aromatic heterocycles. The summed E-state index contributed by atoms with van der Waals surface area (Å²) in [4.78, 5) is 18.7. The van der Waals surface area contributed by atoms with E-state index in [0.717, 1.165) is 35.0 Å². The van der Waals surface area contributed by atoms with E-state index in [1.54, 1.807) is 11.3 Å². The molecule has 0 aliphatic heterocycles. The molecule has 0 saturated heterocycles. The molecule has 124 valence electrons. The number of thiazole rings is 1. The number of carbonyl (C=O) groups is 1. The number of aromatic nitrogens is 2. The van der Waals surface area contributed by atoms with E-state index >= 15 is 0 Å². The first-order chi connectivity index (χ1) is 11.1. The van der Waals surface area contributed by atoms with Crippen molar-refractivity contribution in [3.05, 3.63) is 27.6 Å². The van der Waals surface area contributed by atoms with Gasteiger partial charge in [0.25, 0.3) is 0 Å². The zero-order valence-corrected chi connectivity index (χ0v) is 14.8. The molecular formula is C17H23N3O2S. The number of hydrogen-bond donors (Lipinski definition) is 1. The minimum absolute atomic E-state index is 0.0224. The highest BCUT2D eigenvalue weighted by Gasteiger charge is 2.26. The van der Waals surface area contributed by atoms with Crippen LogP contribution in [-0.2, 0) is 17.6 Å². The minimum Gasteiger partial charge on any atom is -0.361 e. The number of amides is 1. The molecule has 23 heavy (non-hydrogen) atoms. The lowest BCUT2D eigenvalue weighted by molar-refractivity contribution is -0.117. The maximum atomic E-state index is 12.7. The van der Waals surface area contributed by atoms with Gasteiger partial charge in [-0.1, -0.05) is 18.5 Å². The molecular weight excluding hydrogens is 310 g/mol. The number of carbonyl (C=O) groups excluding carboxylic acids is 1. The van der Waals surface area contributed by atoms with Crippen molar-refractivity contribution in [2.24, 2.45) is 0 Å². The molecule has 0 bridgehead atoms. The predicted molar refractivity (Wildman–Crippen MR) is 91.0 cm³/mol. The first kappa shape index (κ1) is 16.2. The standard InChI is InChI=1S/C17H23N3O2S/c1-4-12(15-10(2)20-22-11(15)3)16(21)19-17-18-13-8-6-5-7-9-14(13)23-17/h12H,4-9H2,1-3H3,(H,18,19,21). The van der Waals surface area contributed by atoms with Crippen molar-refractivity contribution in [2.45, 2.75) is 65.2 Å². The van der Waals surface area contributed by atoms with Crippen molar-refractivity contribution in [3.63, 3.8) is 0 Å². The SMILES string of the molecule is CCC(C(=O)Nc1nc2c(s1)CCCCC2)c1c(C)noc1C. The zero-order chi connectivity index (χ0) is 16.4. The van der Waals surface area contributed by atoms with Gasteiger partial charge in [0.05, 0.1) is 17.3 Å². The summed E-state index contributed by atoms with van der Waals surface area (Å²) >= 11 is 1.63. The quantitative estimate of drug-likeness (QED) is 0.854. The van der Waals surface area contributed by atoms with Crippen LogP contribution in [-0.4, -0.2) is 16.0 Å². The van der Waals surface area contributed by atoms with E-state index in [1.807, 2.05) is 20.8 Å². The van der Waals surface area contributed by atoms with Crippen molar-refractivity contribution < 1.29 is 9.32 Å². The molecule has 1 N–H and O–H groups in total. The van der Waals surface area contributed by atoms with Crippen molar-refractivity contribution >= 4 is 22.4 Å². The van der Waals surface area contributed by atoms with E-state index < -0.39 is 0 Å². The number of anilines is 1. The van der Waals surface area contributed by atoms with E-state index in [9.17, 15) is 4.79 Å². The van der Waals surface area contributed by atoms with Crippen LogP contribution in [0.2, 0.25) is 0 Å². The summed E-state index contributed by atoms with van der Waals surface area (Å²) in [7, 11) is 0. The molecule has 0 saturated carbocycles. The summed E-state index contributed by atoms with van der Waals surface area (Å²) in [5.74, 6) is 0.454. The topological polar surface area (TPSA) is 68.0 Å². The normalized spacial score (nSPS) is 15.8. The summed E-state index contributed by atoms with van der Waals surface area (Å²) in [6.45, 7) is 5.75. The Morgan fingerprint density at radius 1 is 1.30 bits per heavy atom. The molecule has 1 atom stereocenters. The highest BCUT2D eigenvalue weighted by molar-refractivity contribution is 7.15. The van der Waals surface area contributed by atoms with Gasteiger partial charge < -0.3 is 9.84 Å². The fourth-order valence-corrected chi connectivity index (χ4v) is 4.34. The molecule has 2 heterocycles. The molecule has 0 radical (unpaired) electrons. The van der Waals surface area contributed by atoms with Crippen LogP contribution >= 0.6 is 11.3 Å². The van der Waals surface area contributed by atoms with Gasteiger partial charge in [0.15, 0.2) is 5.13 Å². The average molecular weight is 333 g/mol. The lowest BCUT2D eigenvalue weighted by atomic mass is 9.94. The van der Waals surface area contributed by atoms with Gasteiger partial charge in [0.2, 0.25) is 5.91 Å². The number of fused-ring (bicyclic) bond motifs is 1. The molecule has 1 amide bonds. The van der Waals surface area contributed by atoms with Gasteiger partial charge in [-0.2, -0.15) is 0 Å². The zero-order valence-electron chi connectivity index (χ0n) is 13.9. The van der Waals surface area contributed by atoms with Gasteiger partial charge in [-0.05, 0) is 46.0 Å². The lowest BCUT2D eigenvalue weighted by Gasteiger charge is -2.13. The molecule has 1 unspecified atom stereocenters. The monoisotopic (exact) mass is 333 g/mol. The number of rotatable bonds is 4. The maximum Gasteiger partial charge on any atom is 0.233 e. The van der Waals surface area contributed by atoms with E-state index in [4.69, 9.17) is 4.52 Å². The maximum absolute atomic E-state index is 12.7. The number of hydrogen-bond acceptors (Lipinski definition) is 5. The minimum atomic E-state index is -0.245. The molecule has 1 aliphatic carbocycles. The summed E-state index contributed by atoms with van der Waals surface area (Å²) in [6, 6.07) is 0. The smallest absolute Gasteiger partial charge is 0.233 e. The Bertz CT molecular complexity index is 662. The fourth-order valence-electron chi connectivity index (χ4n) is 3.28. The van der Waals surface area contributed by atoms with Crippen molar-refractivity contribution in [1.29, 1.82) is 0 Å². The Hall–Kier alpha value is -1.69. The highest BCUT2D eigenvalue weighted by atomic mass is 32.1. The Morgan fingerprint density at radius 2 is 2.09 bits per heavy atom. The van der Waals surface area contributed by atoms with Crippen LogP contribution in [0.1, 0.15) is 66.1 Å². The molecule has 1 aliphatic rings. The van der Waals surface area contributed by atoms with Crippen LogP contribution in [0.3, 0.4) is 0 Å². The van der Waals surface area contributed by atoms with E-state index in [2.05, 4.69) is 15.5 Å².